The summed E-state index contributed by atoms with van der Waals surface area (Å²) in [4.78, 5) is 0. The van der Waals surface area contributed by atoms with Gasteiger partial charge in [0.05, 0.1) is 22.3 Å². The molecule has 0 aliphatic heterocycles. The van der Waals surface area contributed by atoms with Gasteiger partial charge in [0.2, 0.25) is 0 Å². The third-order valence-corrected chi connectivity index (χ3v) is 9.96. The number of hydrogen-bond donors (Lipinski definition) is 0. The number of nitrogens with zero attached hydrogens (tertiary/aromatic N) is 2. The van der Waals surface area contributed by atoms with E-state index in [-0.39, 0.29) is 44.5 Å². The predicted octanol–water partition coefficient (Wildman–Crippen LogP) is 13.7. The minimum Gasteiger partial charge on any atom is -0.206 e. The zero-order valence-corrected chi connectivity index (χ0v) is 30.5. The molecule has 2 nitrogen and oxygen atoms in total. The lowest BCUT2D eigenvalue weighted by atomic mass is 9.96. The first-order valence-corrected chi connectivity index (χ1v) is 18.4. The molecule has 0 N–H and O–H groups in total. The molecule has 0 atom stereocenters. The molecule has 0 heterocycles. The fourth-order valence-electron chi connectivity index (χ4n) is 6.97. The predicted molar refractivity (Wildman–Crippen MR) is 203 cm³/mol. The fourth-order valence-corrected chi connectivity index (χ4v) is 6.97. The smallest absolute Gasteiger partial charge is 0.141 e. The van der Waals surface area contributed by atoms with Gasteiger partial charge in [0, 0.05) is 11.1 Å². The summed E-state index contributed by atoms with van der Waals surface area (Å²) in [6.45, 7) is 0. The van der Waals surface area contributed by atoms with Gasteiger partial charge < -0.3 is 0 Å². The number of unbranched alkanes of at least 4 members (excludes halogenated alkanes) is 6. The van der Waals surface area contributed by atoms with Crippen LogP contribution in [-0.4, -0.2) is 0 Å². The van der Waals surface area contributed by atoms with E-state index in [0.717, 1.165) is 105 Å². The Bertz CT molecular complexity index is 2310. The Labute approximate surface area is 325 Å². The van der Waals surface area contributed by atoms with Gasteiger partial charge in [-0.1, -0.05) is 68.5 Å². The summed E-state index contributed by atoms with van der Waals surface area (Å²) in [6.07, 6.45) is 7.71. The molecule has 57 heavy (non-hydrogen) atoms. The number of halogens is 8. The lowest BCUT2D eigenvalue weighted by Crippen LogP contribution is -1.96. The molecular formula is C47H34F8N2. The first-order valence-electron chi connectivity index (χ1n) is 18.4. The van der Waals surface area contributed by atoms with E-state index in [9.17, 15) is 26.3 Å². The van der Waals surface area contributed by atoms with Crippen LogP contribution in [0, 0.1) is 69.2 Å². The molecule has 6 aromatic carbocycles. The largest absolute Gasteiger partial charge is 0.206 e. The van der Waals surface area contributed by atoms with Crippen LogP contribution in [0.1, 0.15) is 67.2 Å². The molecule has 0 radical (unpaired) electrons. The summed E-state index contributed by atoms with van der Waals surface area (Å²) >= 11 is 0. The van der Waals surface area contributed by atoms with Gasteiger partial charge in [-0.15, -0.1) is 0 Å². The van der Waals surface area contributed by atoms with E-state index in [1.807, 2.05) is 0 Å². The van der Waals surface area contributed by atoms with Crippen molar-refractivity contribution in [2.24, 2.45) is 0 Å². The van der Waals surface area contributed by atoms with Crippen molar-refractivity contribution in [2.45, 2.75) is 57.8 Å². The van der Waals surface area contributed by atoms with Gasteiger partial charge in [0.25, 0.3) is 0 Å². The highest BCUT2D eigenvalue weighted by Crippen LogP contribution is 2.35. The van der Waals surface area contributed by atoms with Crippen LogP contribution in [0.2, 0.25) is 0 Å². The summed E-state index contributed by atoms with van der Waals surface area (Å²) in [5, 5.41) is 17.8. The van der Waals surface area contributed by atoms with Crippen LogP contribution >= 0.6 is 0 Å². The van der Waals surface area contributed by atoms with Crippen LogP contribution in [-0.2, 0) is 12.8 Å². The number of rotatable bonds is 14. The fraction of sp³-hybridized carbons (Fsp3) is 0.191. The van der Waals surface area contributed by atoms with Crippen molar-refractivity contribution in [1.82, 2.24) is 0 Å². The molecule has 6 aromatic rings. The standard InChI is InChI=1S/C47H34F8N2/c48-38-20-30(12-14-32(38)26-56)46-42(52)22-34(23-43(46)53)36-16-10-28(18-40(36)50)8-6-4-2-1-3-5-7-9-29-11-17-37(41(51)19-29)35-24-44(54)47(45(55)25-35)31-13-15-33(27-57)39(49)21-31/h10-25H,1-9H2. The van der Waals surface area contributed by atoms with E-state index < -0.39 is 57.7 Å². The zero-order valence-electron chi connectivity index (χ0n) is 30.5. The third-order valence-electron chi connectivity index (χ3n) is 9.96. The average Bonchev–Trinajstić information content (AvgIpc) is 3.17. The van der Waals surface area contributed by atoms with Crippen molar-refractivity contribution in [1.29, 1.82) is 10.5 Å². The second kappa shape index (κ2) is 18.1. The van der Waals surface area contributed by atoms with Crippen LogP contribution < -0.4 is 0 Å². The number of benzene rings is 6. The molecule has 0 aromatic heterocycles. The van der Waals surface area contributed by atoms with Crippen LogP contribution in [0.15, 0.2) is 97.1 Å². The van der Waals surface area contributed by atoms with E-state index in [1.54, 1.807) is 24.3 Å². The van der Waals surface area contributed by atoms with Gasteiger partial charge in [-0.05, 0) is 120 Å². The summed E-state index contributed by atoms with van der Waals surface area (Å²) in [7, 11) is 0. The first kappa shape index (κ1) is 40.4. The van der Waals surface area contributed by atoms with Gasteiger partial charge in [-0.25, -0.2) is 35.1 Å². The highest BCUT2D eigenvalue weighted by molar-refractivity contribution is 5.74. The summed E-state index contributed by atoms with van der Waals surface area (Å²) < 4.78 is 118. The SMILES string of the molecule is N#Cc1ccc(-c2c(F)cc(-c3ccc(CCCCCCCCCc4ccc(-c5cc(F)c(-c6ccc(C#N)c(F)c6)c(F)c5)c(F)c4)cc3F)cc2F)cc1F. The van der Waals surface area contributed by atoms with Gasteiger partial charge in [-0.3, -0.25) is 0 Å². The van der Waals surface area contributed by atoms with E-state index >= 15 is 8.78 Å². The highest BCUT2D eigenvalue weighted by Gasteiger charge is 2.19. The first-order chi connectivity index (χ1) is 27.5. The summed E-state index contributed by atoms with van der Waals surface area (Å²) in [5.41, 5.74) is -0.00441. The van der Waals surface area contributed by atoms with Crippen molar-refractivity contribution in [2.75, 3.05) is 0 Å². The minimum absolute atomic E-state index is 0.00575. The Morgan fingerprint density at radius 3 is 0.982 bits per heavy atom. The molecule has 0 saturated heterocycles. The Hall–Kier alpha value is -6.26. The zero-order chi connectivity index (χ0) is 40.6. The van der Waals surface area contributed by atoms with Crippen molar-refractivity contribution in [3.63, 3.8) is 0 Å². The van der Waals surface area contributed by atoms with Crippen LogP contribution in [0.25, 0.3) is 44.5 Å². The Kier molecular flexibility index (Phi) is 12.8. The molecule has 0 bridgehead atoms. The number of aryl methyl sites for hydroxylation is 2. The van der Waals surface area contributed by atoms with Gasteiger partial charge in [-0.2, -0.15) is 10.5 Å². The van der Waals surface area contributed by atoms with Crippen molar-refractivity contribution in [3.8, 4) is 56.6 Å². The van der Waals surface area contributed by atoms with Crippen molar-refractivity contribution >= 4 is 0 Å². The van der Waals surface area contributed by atoms with Crippen LogP contribution in [0.3, 0.4) is 0 Å². The molecule has 10 heteroatoms. The quantitative estimate of drug-likeness (QED) is 0.0817. The highest BCUT2D eigenvalue weighted by atomic mass is 19.2. The lowest BCUT2D eigenvalue weighted by Gasteiger charge is -2.11. The number of hydrogen-bond acceptors (Lipinski definition) is 2. The third kappa shape index (κ3) is 9.41. The molecule has 0 saturated carbocycles. The van der Waals surface area contributed by atoms with Gasteiger partial charge >= 0.3 is 0 Å². The van der Waals surface area contributed by atoms with E-state index in [1.165, 1.54) is 36.4 Å². The van der Waals surface area contributed by atoms with Gasteiger partial charge in [0.1, 0.15) is 58.7 Å². The van der Waals surface area contributed by atoms with Crippen LogP contribution in [0.5, 0.6) is 0 Å². The topological polar surface area (TPSA) is 47.6 Å². The van der Waals surface area contributed by atoms with E-state index in [2.05, 4.69) is 0 Å². The van der Waals surface area contributed by atoms with Crippen molar-refractivity contribution < 1.29 is 35.1 Å². The van der Waals surface area contributed by atoms with Gasteiger partial charge in [0.15, 0.2) is 0 Å². The monoisotopic (exact) mass is 778 g/mol. The molecule has 0 fully saturated rings. The Morgan fingerprint density at radius 2 is 0.667 bits per heavy atom. The summed E-state index contributed by atoms with van der Waals surface area (Å²) in [6, 6.07) is 23.0. The molecule has 0 aliphatic carbocycles. The normalized spacial score (nSPS) is 11.1. The second-order valence-corrected chi connectivity index (χ2v) is 13.8. The van der Waals surface area contributed by atoms with Crippen molar-refractivity contribution in [3.05, 3.63) is 166 Å². The van der Waals surface area contributed by atoms with E-state index in [4.69, 9.17) is 10.5 Å². The minimum atomic E-state index is -0.986. The second-order valence-electron chi connectivity index (χ2n) is 13.8. The number of nitriles is 2. The lowest BCUT2D eigenvalue weighted by molar-refractivity contribution is 0.576. The Balaban J connectivity index is 0.929. The van der Waals surface area contributed by atoms with E-state index in [0.29, 0.717) is 12.8 Å². The molecular weight excluding hydrogens is 745 g/mol. The molecule has 6 rings (SSSR count). The molecule has 0 aliphatic rings. The summed E-state index contributed by atoms with van der Waals surface area (Å²) in [5.74, 6) is -6.98. The molecule has 0 unspecified atom stereocenters. The van der Waals surface area contributed by atoms with Crippen LogP contribution in [0.4, 0.5) is 35.1 Å². The maximum atomic E-state index is 15.1. The average molecular weight is 779 g/mol. The Morgan fingerprint density at radius 1 is 0.333 bits per heavy atom. The maximum Gasteiger partial charge on any atom is 0.141 e. The molecule has 0 amide bonds. The maximum absolute atomic E-state index is 15.1. The molecule has 288 valence electrons. The molecule has 0 spiro atoms.